The molecule has 17 heteroatoms. The number of urea groups is 1. The van der Waals surface area contributed by atoms with Crippen molar-refractivity contribution in [1.82, 2.24) is 29.2 Å². The average Bonchev–Trinajstić information content (AvgIpc) is 3.79. The molecule has 13 atom stereocenters. The number of alkyl halides is 1. The number of amides is 2. The van der Waals surface area contributed by atoms with Gasteiger partial charge in [0.05, 0.1) is 47.5 Å². The molecule has 5 rings (SSSR count). The summed E-state index contributed by atoms with van der Waals surface area (Å²) >= 11 is 0. The predicted molar refractivity (Wildman–Crippen MR) is 231 cm³/mol. The number of cyclic esters (lactones) is 1. The van der Waals surface area contributed by atoms with Gasteiger partial charge in [-0.15, -0.1) is 0 Å². The molecule has 0 spiro atoms. The van der Waals surface area contributed by atoms with E-state index in [1.807, 2.05) is 48.8 Å². The van der Waals surface area contributed by atoms with Crippen LogP contribution in [-0.2, 0) is 49.4 Å². The minimum Gasteiger partial charge on any atom is -0.457 e. The van der Waals surface area contributed by atoms with Crippen molar-refractivity contribution in [2.24, 2.45) is 17.8 Å². The summed E-state index contributed by atoms with van der Waals surface area (Å²) in [5.74, 6) is -6.26. The van der Waals surface area contributed by atoms with Crippen LogP contribution >= 0.6 is 0 Å². The Bertz CT molecular complexity index is 1950. The second-order valence-corrected chi connectivity index (χ2v) is 18.6. The third-order valence-electron chi connectivity index (χ3n) is 13.9. The van der Waals surface area contributed by atoms with E-state index in [9.17, 15) is 24.0 Å². The van der Waals surface area contributed by atoms with Crippen LogP contribution in [0.5, 0.6) is 0 Å². The second-order valence-electron chi connectivity index (χ2n) is 18.6. The number of hydrogen-bond acceptors (Lipinski definition) is 13. The number of methoxy groups -OCH3 is 1. The number of halogens is 1. The molecule has 0 radical (unpaired) electrons. The minimum absolute atomic E-state index is 0.00359. The number of esters is 2. The van der Waals surface area contributed by atoms with Gasteiger partial charge in [0.15, 0.2) is 18.2 Å². The molecule has 3 saturated heterocycles. The van der Waals surface area contributed by atoms with E-state index >= 15 is 4.39 Å². The van der Waals surface area contributed by atoms with E-state index in [4.69, 9.17) is 23.7 Å². The van der Waals surface area contributed by atoms with E-state index in [0.717, 1.165) is 18.2 Å². The Morgan fingerprint density at radius 1 is 1.05 bits per heavy atom. The Labute approximate surface area is 371 Å². The fourth-order valence-corrected chi connectivity index (χ4v) is 10.2. The highest BCUT2D eigenvalue weighted by Gasteiger charge is 2.62. The number of carbonyl (C=O) groups is 5. The summed E-state index contributed by atoms with van der Waals surface area (Å²) in [5, 5.41) is 0. The molecule has 2 amide bonds. The number of likely N-dealkylation sites (N-methyl/N-ethyl adjacent to an activating group) is 2. The molecule has 2 aromatic heterocycles. The molecule has 3 fully saturated rings. The molecule has 16 nitrogen and oxygen atoms in total. The summed E-state index contributed by atoms with van der Waals surface area (Å²) in [6.45, 7) is 15.1. The zero-order chi connectivity index (χ0) is 46.8. The van der Waals surface area contributed by atoms with Gasteiger partial charge >= 0.3 is 18.0 Å². The van der Waals surface area contributed by atoms with E-state index in [1.165, 1.54) is 25.9 Å². The van der Waals surface area contributed by atoms with Crippen LogP contribution in [0.4, 0.5) is 9.18 Å². The van der Waals surface area contributed by atoms with Crippen LogP contribution in [0.1, 0.15) is 94.4 Å². The van der Waals surface area contributed by atoms with Crippen LogP contribution in [-0.4, -0.2) is 153 Å². The lowest BCUT2D eigenvalue weighted by Gasteiger charge is -2.48. The number of imidazole rings is 1. The fourth-order valence-electron chi connectivity index (χ4n) is 10.2. The van der Waals surface area contributed by atoms with E-state index in [-0.39, 0.29) is 43.3 Å². The number of pyridine rings is 1. The van der Waals surface area contributed by atoms with E-state index in [2.05, 4.69) is 9.97 Å². The number of hydrogen-bond donors (Lipinski definition) is 0. The number of unbranched alkanes of at least 4 members (excludes halogenated alkanes) is 1. The average molecular weight is 885 g/mol. The van der Waals surface area contributed by atoms with Crippen molar-refractivity contribution in [2.45, 2.75) is 161 Å². The Hall–Kier alpha value is -4.32. The monoisotopic (exact) mass is 885 g/mol. The first-order valence-electron chi connectivity index (χ1n) is 22.2. The quantitative estimate of drug-likeness (QED) is 0.149. The summed E-state index contributed by atoms with van der Waals surface area (Å²) in [6, 6.07) is 2.26. The standard InChI is InChI=1S/C46H69FN6O10/c1-14-35-46(9)38(53(43(58)51(46)12)21-16-15-20-52-25-33(49-26-52)32-18-17-19-48-24-32)29(4)36(55)27(2)23-44(7,59-13)40(30(5)39(56)45(8,47)42(57)62-35)63-41-37(61-31(6)54)34(50(10)11)22-28(3)60-41/h17-19,24-30,34-35,37-38,40-41H,14-16,20-23H2,1-13H3/t27-,28-,29+,30+,34+,35-,37-,38-,40-,41+,44+,45+,46-/m1/s1. The fraction of sp³-hybridized carbons (Fsp3) is 0.717. The molecule has 0 aliphatic carbocycles. The molecular formula is C46H69FN6O10. The first-order valence-corrected chi connectivity index (χ1v) is 22.2. The maximum atomic E-state index is 17.2. The van der Waals surface area contributed by atoms with Gasteiger partial charge in [-0.1, -0.05) is 27.7 Å². The van der Waals surface area contributed by atoms with Gasteiger partial charge in [-0.25, -0.2) is 19.0 Å². The van der Waals surface area contributed by atoms with Gasteiger partial charge < -0.3 is 43.0 Å². The minimum atomic E-state index is -3.18. The highest BCUT2D eigenvalue weighted by Crippen LogP contribution is 2.44. The lowest BCUT2D eigenvalue weighted by atomic mass is 9.72. The second kappa shape index (κ2) is 19.8. The third-order valence-corrected chi connectivity index (χ3v) is 13.9. The Morgan fingerprint density at radius 2 is 1.73 bits per heavy atom. The highest BCUT2D eigenvalue weighted by atomic mass is 19.1. The summed E-state index contributed by atoms with van der Waals surface area (Å²) < 4.78 is 50.1. The van der Waals surface area contributed by atoms with Crippen molar-refractivity contribution < 1.29 is 52.0 Å². The van der Waals surface area contributed by atoms with Gasteiger partial charge in [0, 0.05) is 76.1 Å². The number of ketones is 2. The van der Waals surface area contributed by atoms with E-state index in [0.29, 0.717) is 25.8 Å². The molecule has 5 heterocycles. The molecule has 2 aromatic rings. The van der Waals surface area contributed by atoms with Crippen LogP contribution in [0.2, 0.25) is 0 Å². The third kappa shape index (κ3) is 10.0. The van der Waals surface area contributed by atoms with Crippen molar-refractivity contribution >= 4 is 29.5 Å². The molecule has 3 aliphatic heterocycles. The number of aryl methyl sites for hydroxylation is 1. The summed E-state index contributed by atoms with van der Waals surface area (Å²) in [7, 11) is 6.69. The molecule has 63 heavy (non-hydrogen) atoms. The van der Waals surface area contributed by atoms with E-state index in [1.54, 1.807) is 65.3 Å². The van der Waals surface area contributed by atoms with Gasteiger partial charge in [-0.2, -0.15) is 0 Å². The molecular weight excluding hydrogens is 816 g/mol. The lowest BCUT2D eigenvalue weighted by molar-refractivity contribution is -0.298. The summed E-state index contributed by atoms with van der Waals surface area (Å²) in [6.07, 6.45) is 4.02. The first-order chi connectivity index (χ1) is 29.5. The van der Waals surface area contributed by atoms with Gasteiger partial charge in [-0.3, -0.25) is 19.4 Å². The van der Waals surface area contributed by atoms with Gasteiger partial charge in [0.2, 0.25) is 0 Å². The maximum absolute atomic E-state index is 17.2. The van der Waals surface area contributed by atoms with Crippen molar-refractivity contribution in [1.29, 1.82) is 0 Å². The Morgan fingerprint density at radius 3 is 2.33 bits per heavy atom. The number of carbonyl (C=O) groups excluding carboxylic acids is 5. The largest absolute Gasteiger partial charge is 0.457 e. The van der Waals surface area contributed by atoms with E-state index < -0.39 is 82.9 Å². The number of ether oxygens (including phenoxy) is 5. The molecule has 3 aliphatic rings. The number of fused-ring (bicyclic) bond motifs is 1. The zero-order valence-electron chi connectivity index (χ0n) is 39.3. The van der Waals surface area contributed by atoms with Gasteiger partial charge in [-0.05, 0) is 86.0 Å². The topological polar surface area (TPSA) is 172 Å². The lowest BCUT2D eigenvalue weighted by Crippen LogP contribution is -2.63. The summed E-state index contributed by atoms with van der Waals surface area (Å²) in [4.78, 5) is 84.2. The number of nitrogens with zero attached hydrogens (tertiary/aromatic N) is 6. The van der Waals surface area contributed by atoms with Crippen LogP contribution < -0.4 is 0 Å². The van der Waals surface area contributed by atoms with Gasteiger partial charge in [0.1, 0.15) is 11.9 Å². The van der Waals surface area contributed by atoms with Crippen molar-refractivity contribution in [3.63, 3.8) is 0 Å². The molecule has 0 aromatic carbocycles. The smallest absolute Gasteiger partial charge is 0.351 e. The summed E-state index contributed by atoms with van der Waals surface area (Å²) in [5.41, 5.74) is -4.28. The van der Waals surface area contributed by atoms with Crippen LogP contribution in [0, 0.1) is 17.8 Å². The number of aromatic nitrogens is 3. The van der Waals surface area contributed by atoms with Crippen LogP contribution in [0.25, 0.3) is 11.3 Å². The Kier molecular flexibility index (Phi) is 15.6. The van der Waals surface area contributed by atoms with Crippen LogP contribution in [0.15, 0.2) is 37.1 Å². The predicted octanol–water partition coefficient (Wildman–Crippen LogP) is 5.51. The molecule has 350 valence electrons. The first kappa shape index (κ1) is 49.7. The SMILES string of the molecule is CC[C@H]1OC(=O)[C@@](C)(F)C(=O)[C@H](C)[C@@H](O[C@@H]2O[C@H](C)C[C@H](N(C)C)[C@H]2OC(C)=O)[C@@](C)(OC)C[C@@H](C)C(=O)[C@H](C)[C@H]2N(CCCCn3cnc(-c4cccnc4)c3)C(=O)N(C)[C@]12C. The van der Waals surface area contributed by atoms with Crippen LogP contribution in [0.3, 0.4) is 0 Å². The normalized spacial score (nSPS) is 36.0. The molecule has 0 N–H and O–H groups in total. The highest BCUT2D eigenvalue weighted by molar-refractivity contribution is 6.08. The number of Topliss-reactive ketones (excluding diaryl/α,β-unsaturated/α-hetero) is 2. The van der Waals surface area contributed by atoms with Gasteiger partial charge in [0.25, 0.3) is 5.67 Å². The molecule has 0 unspecified atom stereocenters. The number of rotatable bonds is 12. The van der Waals surface area contributed by atoms with Crippen molar-refractivity contribution in [2.75, 3.05) is 34.8 Å². The molecule has 0 saturated carbocycles. The maximum Gasteiger partial charge on any atom is 0.351 e. The Balaban J connectivity index is 1.51. The van der Waals surface area contributed by atoms with Crippen molar-refractivity contribution in [3.8, 4) is 11.3 Å². The van der Waals surface area contributed by atoms with Crippen molar-refractivity contribution in [3.05, 3.63) is 37.1 Å². The zero-order valence-corrected chi connectivity index (χ0v) is 39.3. The molecule has 0 bridgehead atoms.